The average molecular weight is 230 g/mol. The number of halogens is 2. The van der Waals surface area contributed by atoms with Gasteiger partial charge in [-0.2, -0.15) is 8.78 Å². The molecule has 0 saturated heterocycles. The minimum absolute atomic E-state index is 0.0729. The van der Waals surface area contributed by atoms with Crippen LogP contribution in [0.4, 0.5) is 8.78 Å². The number of alkyl halides is 2. The predicted molar refractivity (Wildman–Crippen MR) is 62.9 cm³/mol. The van der Waals surface area contributed by atoms with E-state index < -0.39 is 5.66 Å². The molecule has 1 aliphatic rings. The largest absolute Gasteiger partial charge is 0.283 e. The molecule has 74 valence electrons. The molecule has 0 saturated carbocycles. The molecule has 14 heavy (non-hydrogen) atoms. The van der Waals surface area contributed by atoms with Crippen molar-refractivity contribution in [2.75, 3.05) is 0 Å². The van der Waals surface area contributed by atoms with Crippen LogP contribution >= 0.6 is 21.7 Å². The summed E-state index contributed by atoms with van der Waals surface area (Å²) in [6, 6.07) is 4.85. The summed E-state index contributed by atoms with van der Waals surface area (Å²) in [4.78, 5) is 0. The lowest BCUT2D eigenvalue weighted by Crippen LogP contribution is -2.20. The van der Waals surface area contributed by atoms with E-state index in [-0.39, 0.29) is 11.6 Å². The zero-order chi connectivity index (χ0) is 10.3. The van der Waals surface area contributed by atoms with Crippen molar-refractivity contribution in [1.82, 2.24) is 0 Å². The van der Waals surface area contributed by atoms with Gasteiger partial charge in [-0.15, -0.1) is 0 Å². The highest BCUT2D eigenvalue weighted by Crippen LogP contribution is 2.35. The van der Waals surface area contributed by atoms with E-state index in [1.54, 1.807) is 21.4 Å². The molecule has 1 unspecified atom stereocenters. The first-order valence-electron chi connectivity index (χ1n) is 4.46. The molecule has 1 aromatic rings. The summed E-state index contributed by atoms with van der Waals surface area (Å²) in [7, 11) is 1.57. The fraction of sp³-hybridized carbons (Fsp3) is 0.333. The van der Waals surface area contributed by atoms with Gasteiger partial charge in [-0.05, 0) is 12.5 Å². The molecule has 0 N–H and O–H groups in total. The second kappa shape index (κ2) is 3.50. The van der Waals surface area contributed by atoms with E-state index in [9.17, 15) is 8.78 Å². The van der Waals surface area contributed by atoms with Gasteiger partial charge in [0, 0.05) is 5.56 Å². The summed E-state index contributed by atoms with van der Waals surface area (Å²) in [5.41, 5.74) is -0.622. The zero-order valence-corrected chi connectivity index (χ0v) is 9.55. The van der Waals surface area contributed by atoms with Crippen molar-refractivity contribution in [2.45, 2.75) is 18.4 Å². The van der Waals surface area contributed by atoms with Gasteiger partial charge in [-0.1, -0.05) is 38.7 Å². The lowest BCUT2D eigenvalue weighted by Gasteiger charge is -2.12. The summed E-state index contributed by atoms with van der Waals surface area (Å²) in [5, 5.41) is 0. The standard InChI is InChI=1S/C9H10BF2PS/c11-9(12,13)7-1-2-8-6(5-7)3-4-10(8)14/h1-2,5,14H,3-4,13H2. The first-order chi connectivity index (χ1) is 6.48. The van der Waals surface area contributed by atoms with Crippen LogP contribution in [0.25, 0.3) is 0 Å². The molecule has 1 aromatic carbocycles. The summed E-state index contributed by atoms with van der Waals surface area (Å²) < 4.78 is 25.9. The number of benzene rings is 1. The van der Waals surface area contributed by atoms with Crippen LogP contribution in [0.2, 0.25) is 6.32 Å². The fourth-order valence-electron chi connectivity index (χ4n) is 1.80. The van der Waals surface area contributed by atoms with Gasteiger partial charge in [0.1, 0.15) is 0 Å². The SMILES string of the molecule is FC(F)(P)c1ccc2c(c1)CCB2S. The van der Waals surface area contributed by atoms with Crippen molar-refractivity contribution in [2.24, 2.45) is 0 Å². The molecule has 0 nitrogen and oxygen atoms in total. The second-order valence-corrected chi connectivity index (χ2v) is 4.94. The summed E-state index contributed by atoms with van der Waals surface area (Å²) in [6.45, 7) is 0. The van der Waals surface area contributed by atoms with Crippen LogP contribution in [0.15, 0.2) is 18.2 Å². The Morgan fingerprint density at radius 1 is 1.43 bits per heavy atom. The van der Waals surface area contributed by atoms with Gasteiger partial charge in [0.05, 0.1) is 0 Å². The fourth-order valence-corrected chi connectivity index (χ4v) is 2.36. The maximum absolute atomic E-state index is 13.0. The third kappa shape index (κ3) is 1.83. The Hall–Kier alpha value is -0.0751. The number of hydrogen-bond acceptors (Lipinski definition) is 1. The highest BCUT2D eigenvalue weighted by Gasteiger charge is 2.28. The lowest BCUT2D eigenvalue weighted by molar-refractivity contribution is 0.104. The molecule has 1 heterocycles. The molecule has 5 heteroatoms. The Labute approximate surface area is 90.1 Å². The molecule has 1 aliphatic heterocycles. The maximum Gasteiger partial charge on any atom is 0.283 e. The Morgan fingerprint density at radius 3 is 2.79 bits per heavy atom. The Bertz CT molecular complexity index is 364. The monoisotopic (exact) mass is 230 g/mol. The van der Waals surface area contributed by atoms with Gasteiger partial charge < -0.3 is 0 Å². The molecule has 2 rings (SSSR count). The lowest BCUT2D eigenvalue weighted by atomic mass is 9.70. The van der Waals surface area contributed by atoms with Crippen LogP contribution in [0, 0.1) is 0 Å². The van der Waals surface area contributed by atoms with Gasteiger partial charge in [0.2, 0.25) is 5.99 Å². The second-order valence-electron chi connectivity index (χ2n) is 3.59. The van der Waals surface area contributed by atoms with Crippen molar-refractivity contribution in [3.05, 3.63) is 29.3 Å². The minimum atomic E-state index is -2.82. The molecule has 0 spiro atoms. The highest BCUT2D eigenvalue weighted by atomic mass is 32.1. The number of rotatable bonds is 1. The Kier molecular flexibility index (Phi) is 2.61. The van der Waals surface area contributed by atoms with Gasteiger partial charge in [0.15, 0.2) is 0 Å². The highest BCUT2D eigenvalue weighted by molar-refractivity contribution is 8.12. The topological polar surface area (TPSA) is 0 Å². The van der Waals surface area contributed by atoms with Gasteiger partial charge in [-0.3, -0.25) is 0 Å². The molecule has 0 fully saturated rings. The minimum Gasteiger partial charge on any atom is -0.220 e. The van der Waals surface area contributed by atoms with E-state index in [1.807, 2.05) is 0 Å². The number of fused-ring (bicyclic) bond motifs is 1. The van der Waals surface area contributed by atoms with Crippen LogP contribution in [0.3, 0.4) is 0 Å². The maximum atomic E-state index is 13.0. The summed E-state index contributed by atoms with van der Waals surface area (Å²) in [5.74, 6) is 0.220. The van der Waals surface area contributed by atoms with E-state index >= 15 is 0 Å². The van der Waals surface area contributed by atoms with Gasteiger partial charge in [-0.25, -0.2) is 12.5 Å². The average Bonchev–Trinajstić information content (AvgIpc) is 2.46. The Morgan fingerprint density at radius 2 is 2.14 bits per heavy atom. The van der Waals surface area contributed by atoms with Crippen molar-refractivity contribution in [1.29, 1.82) is 0 Å². The smallest absolute Gasteiger partial charge is 0.220 e. The van der Waals surface area contributed by atoms with Crippen molar-refractivity contribution < 1.29 is 8.78 Å². The van der Waals surface area contributed by atoms with E-state index in [4.69, 9.17) is 0 Å². The number of hydrogen-bond donors (Lipinski definition) is 1. The first-order valence-corrected chi connectivity index (χ1v) is 5.56. The normalized spacial score (nSPS) is 15.9. The van der Waals surface area contributed by atoms with Crippen molar-refractivity contribution >= 4 is 33.2 Å². The summed E-state index contributed by atoms with van der Waals surface area (Å²) in [6.07, 6.45) is 1.81. The Balaban J connectivity index is 2.42. The predicted octanol–water partition coefficient (Wildman–Crippen LogP) is 2.30. The molecule has 0 bridgehead atoms. The third-order valence-corrected chi connectivity index (χ3v) is 3.44. The molecule has 0 radical (unpaired) electrons. The molecular formula is C9H10BF2PS. The molecule has 1 atom stereocenters. The number of thiol groups is 1. The quantitative estimate of drug-likeness (QED) is 0.427. The van der Waals surface area contributed by atoms with Crippen LogP contribution in [-0.4, -0.2) is 5.99 Å². The van der Waals surface area contributed by atoms with E-state index in [0.29, 0.717) is 0 Å². The van der Waals surface area contributed by atoms with Crippen LogP contribution in [-0.2, 0) is 12.1 Å². The van der Waals surface area contributed by atoms with Crippen molar-refractivity contribution in [3.8, 4) is 0 Å². The van der Waals surface area contributed by atoms with E-state index in [2.05, 4.69) is 12.5 Å². The first kappa shape index (κ1) is 10.4. The zero-order valence-electron chi connectivity index (χ0n) is 7.50. The summed E-state index contributed by atoms with van der Waals surface area (Å²) >= 11 is 4.39. The van der Waals surface area contributed by atoms with Crippen molar-refractivity contribution in [3.63, 3.8) is 0 Å². The van der Waals surface area contributed by atoms with E-state index in [0.717, 1.165) is 23.8 Å². The van der Waals surface area contributed by atoms with Gasteiger partial charge >= 0.3 is 0 Å². The number of aryl methyl sites for hydroxylation is 1. The van der Waals surface area contributed by atoms with Gasteiger partial charge in [0.25, 0.3) is 5.66 Å². The third-order valence-electron chi connectivity index (χ3n) is 2.57. The van der Waals surface area contributed by atoms with E-state index in [1.165, 1.54) is 6.07 Å². The molecular weight excluding hydrogens is 220 g/mol. The van der Waals surface area contributed by atoms with Crippen LogP contribution < -0.4 is 5.46 Å². The van der Waals surface area contributed by atoms with Crippen LogP contribution in [0.1, 0.15) is 11.1 Å². The van der Waals surface area contributed by atoms with Crippen LogP contribution in [0.5, 0.6) is 0 Å². The molecule has 0 amide bonds. The molecule has 0 aromatic heterocycles. The molecule has 0 aliphatic carbocycles.